The zero-order valence-electron chi connectivity index (χ0n) is 7.31. The van der Waals surface area contributed by atoms with E-state index in [0.29, 0.717) is 0 Å². The standard InChI is InChI=1S/C7H16NO2P/c1-4-5-7(2,8-11)6(9)10-3/h8H,4-5,11H2,1-3H3. The lowest BCUT2D eigenvalue weighted by molar-refractivity contribution is -0.147. The molecule has 0 saturated heterocycles. The maximum Gasteiger partial charge on any atom is 0.326 e. The first kappa shape index (κ1) is 10.9. The van der Waals surface area contributed by atoms with Crippen molar-refractivity contribution in [1.82, 2.24) is 5.09 Å². The van der Waals surface area contributed by atoms with Crippen molar-refractivity contribution in [1.29, 1.82) is 0 Å². The minimum Gasteiger partial charge on any atom is -0.468 e. The molecule has 11 heavy (non-hydrogen) atoms. The summed E-state index contributed by atoms with van der Waals surface area (Å²) >= 11 is 0. The topological polar surface area (TPSA) is 38.3 Å². The van der Waals surface area contributed by atoms with Crippen LogP contribution in [0, 0.1) is 0 Å². The molecule has 0 spiro atoms. The summed E-state index contributed by atoms with van der Waals surface area (Å²) in [6.07, 6.45) is 1.73. The largest absolute Gasteiger partial charge is 0.468 e. The Labute approximate surface area is 70.1 Å². The van der Waals surface area contributed by atoms with Gasteiger partial charge in [0.2, 0.25) is 0 Å². The van der Waals surface area contributed by atoms with Gasteiger partial charge in [-0.2, -0.15) is 0 Å². The van der Waals surface area contributed by atoms with E-state index in [1.807, 2.05) is 13.8 Å². The molecule has 0 aliphatic carbocycles. The molecule has 1 N–H and O–H groups in total. The number of carbonyl (C=O) groups excluding carboxylic acids is 1. The van der Waals surface area contributed by atoms with Gasteiger partial charge in [-0.05, 0) is 13.3 Å². The smallest absolute Gasteiger partial charge is 0.326 e. The zero-order chi connectivity index (χ0) is 8.91. The Balaban J connectivity index is 4.19. The molecule has 0 saturated carbocycles. The van der Waals surface area contributed by atoms with E-state index >= 15 is 0 Å². The van der Waals surface area contributed by atoms with E-state index in [9.17, 15) is 4.79 Å². The highest BCUT2D eigenvalue weighted by atomic mass is 31.0. The van der Waals surface area contributed by atoms with Crippen LogP contribution in [-0.4, -0.2) is 18.6 Å². The Hall–Kier alpha value is -0.140. The number of hydrogen-bond acceptors (Lipinski definition) is 3. The summed E-state index contributed by atoms with van der Waals surface area (Å²) in [4.78, 5) is 11.2. The van der Waals surface area contributed by atoms with E-state index in [1.165, 1.54) is 7.11 Å². The van der Waals surface area contributed by atoms with Gasteiger partial charge in [0.15, 0.2) is 0 Å². The van der Waals surface area contributed by atoms with Crippen molar-refractivity contribution in [3.63, 3.8) is 0 Å². The minimum atomic E-state index is -0.547. The predicted molar refractivity (Wildman–Crippen MR) is 48.2 cm³/mol. The van der Waals surface area contributed by atoms with Crippen LogP contribution in [0.5, 0.6) is 0 Å². The first-order chi connectivity index (χ1) is 5.10. The fourth-order valence-electron chi connectivity index (χ4n) is 0.958. The average molecular weight is 177 g/mol. The summed E-state index contributed by atoms with van der Waals surface area (Å²) in [6, 6.07) is 0. The van der Waals surface area contributed by atoms with Gasteiger partial charge in [0.05, 0.1) is 7.11 Å². The molecule has 0 bridgehead atoms. The molecule has 0 aromatic carbocycles. The molecular formula is C7H16NO2P. The summed E-state index contributed by atoms with van der Waals surface area (Å²) in [7, 11) is 3.75. The number of ether oxygens (including phenoxy) is 1. The van der Waals surface area contributed by atoms with Crippen LogP contribution in [0.15, 0.2) is 0 Å². The first-order valence-electron chi connectivity index (χ1n) is 3.67. The van der Waals surface area contributed by atoms with Crippen LogP contribution < -0.4 is 5.09 Å². The van der Waals surface area contributed by atoms with Crippen molar-refractivity contribution >= 4 is 15.4 Å². The van der Waals surface area contributed by atoms with Crippen molar-refractivity contribution in [2.45, 2.75) is 32.2 Å². The Kier molecular flexibility index (Phi) is 4.62. The number of hydrogen-bond donors (Lipinski definition) is 1. The maximum atomic E-state index is 11.2. The van der Waals surface area contributed by atoms with Crippen LogP contribution in [0.2, 0.25) is 0 Å². The van der Waals surface area contributed by atoms with Gasteiger partial charge in [0.1, 0.15) is 5.54 Å². The second kappa shape index (κ2) is 4.68. The molecule has 0 aromatic heterocycles. The zero-order valence-corrected chi connectivity index (χ0v) is 8.46. The molecule has 0 fully saturated rings. The van der Waals surface area contributed by atoms with Gasteiger partial charge in [-0.1, -0.05) is 22.7 Å². The fraction of sp³-hybridized carbons (Fsp3) is 0.857. The van der Waals surface area contributed by atoms with Crippen LogP contribution in [-0.2, 0) is 9.53 Å². The van der Waals surface area contributed by atoms with E-state index in [4.69, 9.17) is 0 Å². The Morgan fingerprint density at radius 1 is 1.73 bits per heavy atom. The highest BCUT2D eigenvalue weighted by Gasteiger charge is 2.31. The van der Waals surface area contributed by atoms with Crippen LogP contribution in [0.3, 0.4) is 0 Å². The molecule has 66 valence electrons. The Bertz CT molecular complexity index is 140. The summed E-state index contributed by atoms with van der Waals surface area (Å²) < 4.78 is 4.64. The van der Waals surface area contributed by atoms with Crippen LogP contribution in [0.25, 0.3) is 0 Å². The van der Waals surface area contributed by atoms with Crippen LogP contribution in [0.1, 0.15) is 26.7 Å². The van der Waals surface area contributed by atoms with Gasteiger partial charge in [0, 0.05) is 0 Å². The van der Waals surface area contributed by atoms with Gasteiger partial charge in [0.25, 0.3) is 0 Å². The first-order valence-corrected chi connectivity index (χ1v) is 4.24. The van der Waals surface area contributed by atoms with Gasteiger partial charge < -0.3 is 4.74 Å². The molecular weight excluding hydrogens is 161 g/mol. The number of nitrogens with one attached hydrogen (secondary N) is 1. The van der Waals surface area contributed by atoms with Gasteiger partial charge in [-0.25, -0.2) is 0 Å². The monoisotopic (exact) mass is 177 g/mol. The lowest BCUT2D eigenvalue weighted by Crippen LogP contribution is -2.45. The van der Waals surface area contributed by atoms with Crippen molar-refractivity contribution in [3.8, 4) is 0 Å². The highest BCUT2D eigenvalue weighted by Crippen LogP contribution is 2.15. The third kappa shape index (κ3) is 2.76. The maximum absolute atomic E-state index is 11.2. The molecule has 0 heterocycles. The summed E-state index contributed by atoms with van der Waals surface area (Å²) in [5, 5.41) is 2.87. The van der Waals surface area contributed by atoms with Gasteiger partial charge in [-0.3, -0.25) is 9.88 Å². The van der Waals surface area contributed by atoms with Crippen molar-refractivity contribution in [2.75, 3.05) is 7.11 Å². The van der Waals surface area contributed by atoms with Gasteiger partial charge >= 0.3 is 5.97 Å². The molecule has 0 rings (SSSR count). The molecule has 4 heteroatoms. The number of esters is 1. The molecule has 0 radical (unpaired) electrons. The Morgan fingerprint density at radius 2 is 2.27 bits per heavy atom. The van der Waals surface area contributed by atoms with Crippen molar-refractivity contribution in [3.05, 3.63) is 0 Å². The molecule has 3 nitrogen and oxygen atoms in total. The number of carbonyl (C=O) groups is 1. The molecule has 0 aliphatic heterocycles. The number of rotatable bonds is 4. The third-order valence-electron chi connectivity index (χ3n) is 1.70. The van der Waals surface area contributed by atoms with Crippen LogP contribution in [0.4, 0.5) is 0 Å². The molecule has 2 unspecified atom stereocenters. The lowest BCUT2D eigenvalue weighted by atomic mass is 9.98. The minimum absolute atomic E-state index is 0.214. The quantitative estimate of drug-likeness (QED) is 0.516. The third-order valence-corrected chi connectivity index (χ3v) is 2.34. The number of methoxy groups -OCH3 is 1. The predicted octanol–water partition coefficient (Wildman–Crippen LogP) is 1.10. The SMILES string of the molecule is CCCC(C)(NP)C(=O)OC. The van der Waals surface area contributed by atoms with Gasteiger partial charge in [-0.15, -0.1) is 0 Å². The van der Waals surface area contributed by atoms with E-state index in [1.54, 1.807) is 0 Å². The highest BCUT2D eigenvalue weighted by molar-refractivity contribution is 7.13. The normalized spacial score (nSPS) is 15.6. The summed E-state index contributed by atoms with van der Waals surface area (Å²) in [5.74, 6) is -0.214. The summed E-state index contributed by atoms with van der Waals surface area (Å²) in [5.41, 5.74) is -0.547. The molecule has 0 amide bonds. The summed E-state index contributed by atoms with van der Waals surface area (Å²) in [6.45, 7) is 3.86. The molecule has 0 aliphatic rings. The van der Waals surface area contributed by atoms with E-state index < -0.39 is 5.54 Å². The lowest BCUT2D eigenvalue weighted by Gasteiger charge is -2.24. The van der Waals surface area contributed by atoms with E-state index in [0.717, 1.165) is 12.8 Å². The van der Waals surface area contributed by atoms with Crippen molar-refractivity contribution < 1.29 is 9.53 Å². The second-order valence-electron chi connectivity index (χ2n) is 2.72. The fourth-order valence-corrected chi connectivity index (χ4v) is 1.22. The Morgan fingerprint density at radius 3 is 2.55 bits per heavy atom. The van der Waals surface area contributed by atoms with E-state index in [2.05, 4.69) is 19.2 Å². The van der Waals surface area contributed by atoms with E-state index in [-0.39, 0.29) is 5.97 Å². The average Bonchev–Trinajstić information content (AvgIpc) is 2.03. The molecule has 0 aromatic rings. The second-order valence-corrected chi connectivity index (χ2v) is 3.01. The molecule has 2 atom stereocenters. The van der Waals surface area contributed by atoms with Crippen LogP contribution >= 0.6 is 9.39 Å². The van der Waals surface area contributed by atoms with Crippen molar-refractivity contribution in [2.24, 2.45) is 0 Å².